The summed E-state index contributed by atoms with van der Waals surface area (Å²) in [6, 6.07) is 20.0. The summed E-state index contributed by atoms with van der Waals surface area (Å²) >= 11 is 3.47. The van der Waals surface area contributed by atoms with Gasteiger partial charge in [0.1, 0.15) is 11.9 Å². The number of benzene rings is 7. The second kappa shape index (κ2) is 22.1. The number of aromatic nitrogens is 1. The van der Waals surface area contributed by atoms with E-state index in [9.17, 15) is 105 Å². The second-order valence-electron chi connectivity index (χ2n) is 18.1. The average Bonchev–Trinajstić information content (AvgIpc) is 3.53. The van der Waals surface area contributed by atoms with E-state index in [0.717, 1.165) is 28.0 Å². The van der Waals surface area contributed by atoms with Crippen molar-refractivity contribution in [1.29, 1.82) is 0 Å². The van der Waals surface area contributed by atoms with E-state index in [1.54, 1.807) is 0 Å². The van der Waals surface area contributed by atoms with Gasteiger partial charge >= 0.3 is 55.3 Å². The number of halogens is 25. The van der Waals surface area contributed by atoms with Gasteiger partial charge in [0.15, 0.2) is 12.7 Å². The molecule has 0 aliphatic carbocycles. The maximum atomic E-state index is 14.2. The molecule has 28 heteroatoms. The van der Waals surface area contributed by atoms with Crippen molar-refractivity contribution < 1.29 is 115 Å². The second-order valence-corrected chi connectivity index (χ2v) is 19.0. The normalized spacial score (nSPS) is 13.2. The van der Waals surface area contributed by atoms with Gasteiger partial charge in [0.2, 0.25) is 0 Å². The van der Waals surface area contributed by atoms with Crippen molar-refractivity contribution in [3.05, 3.63) is 218 Å². The van der Waals surface area contributed by atoms with Crippen LogP contribution in [0.15, 0.2) is 168 Å². The van der Waals surface area contributed by atoms with E-state index < -0.39 is 195 Å². The summed E-state index contributed by atoms with van der Waals surface area (Å²) in [5.74, 6) is 1.67. The highest BCUT2D eigenvalue weighted by molar-refractivity contribution is 9.10. The maximum Gasteiger partial charge on any atom is 0.416 e. The molecule has 0 bridgehead atoms. The third-order valence-electron chi connectivity index (χ3n) is 12.5. The number of alkyl halides is 24. The summed E-state index contributed by atoms with van der Waals surface area (Å²) in [4.78, 5) is 0. The molecule has 0 saturated heterocycles. The smallest absolute Gasteiger partial charge is 0.405 e. The predicted molar refractivity (Wildman–Crippen MR) is 254 cm³/mol. The summed E-state index contributed by atoms with van der Waals surface area (Å²) < 4.78 is 350. The maximum absolute atomic E-state index is 14.2. The van der Waals surface area contributed by atoms with Crippen LogP contribution in [-0.4, -0.2) is 6.15 Å². The van der Waals surface area contributed by atoms with Crippen LogP contribution in [0.25, 0.3) is 10.8 Å². The molecule has 0 aliphatic heterocycles. The molecule has 0 amide bonds. The number of pyridine rings is 1. The third-order valence-corrected chi connectivity index (χ3v) is 13.1. The highest BCUT2D eigenvalue weighted by Gasteiger charge is 2.47. The minimum absolute atomic E-state index is 0.691. The van der Waals surface area contributed by atoms with Gasteiger partial charge in [-0.05, 0) is 60.0 Å². The Balaban J connectivity index is 0.000000318. The summed E-state index contributed by atoms with van der Waals surface area (Å²) in [6.45, 7) is 0.761. The lowest BCUT2D eigenvalue weighted by Crippen LogP contribution is -2.75. The first-order chi connectivity index (χ1) is 37.6. The van der Waals surface area contributed by atoms with Crippen molar-refractivity contribution in [3.8, 4) is 11.6 Å². The van der Waals surface area contributed by atoms with E-state index >= 15 is 0 Å². The monoisotopic (exact) mass is 1250 g/mol. The minimum atomic E-state index is -6.13. The fourth-order valence-electron chi connectivity index (χ4n) is 8.93. The molecule has 82 heavy (non-hydrogen) atoms. The predicted octanol–water partition coefficient (Wildman–Crippen LogP) is 16.9. The van der Waals surface area contributed by atoms with Gasteiger partial charge in [0.25, 0.3) is 0 Å². The van der Waals surface area contributed by atoms with E-state index in [0.29, 0.717) is 0 Å². The zero-order valence-corrected chi connectivity index (χ0v) is 41.8. The zero-order chi connectivity index (χ0) is 61.0. The topological polar surface area (TPSA) is 13.1 Å². The number of hydrogen-bond acceptors (Lipinski definition) is 1. The lowest BCUT2D eigenvalue weighted by atomic mass is 9.12. The molecule has 0 radical (unpaired) electrons. The number of fused-ring (bicyclic) bond motifs is 1. The van der Waals surface area contributed by atoms with Crippen LogP contribution in [0.3, 0.4) is 0 Å². The lowest BCUT2D eigenvalue weighted by Gasteiger charge is -2.46. The van der Waals surface area contributed by atoms with Crippen molar-refractivity contribution in [2.24, 2.45) is 0 Å². The average molecular weight is 1250 g/mol. The molecule has 2 nitrogen and oxygen atoms in total. The van der Waals surface area contributed by atoms with Crippen molar-refractivity contribution in [3.63, 3.8) is 0 Å². The van der Waals surface area contributed by atoms with Gasteiger partial charge < -0.3 is 4.74 Å². The van der Waals surface area contributed by atoms with E-state index in [2.05, 4.69) is 69.2 Å². The Morgan fingerprint density at radius 2 is 0.634 bits per heavy atom. The molecule has 0 saturated carbocycles. The fraction of sp³-hybridized carbons (Fsp3) is 0.167. The molecule has 7 aromatic carbocycles. The fourth-order valence-corrected chi connectivity index (χ4v) is 9.20. The first-order valence-corrected chi connectivity index (χ1v) is 23.6. The molecule has 0 aliphatic rings. The van der Waals surface area contributed by atoms with Gasteiger partial charge in [0, 0.05) is 16.1 Å². The Morgan fingerprint density at radius 1 is 0.341 bits per heavy atom. The van der Waals surface area contributed by atoms with E-state index in [4.69, 9.17) is 4.74 Å². The summed E-state index contributed by atoms with van der Waals surface area (Å²) in [6.07, 6.45) is -52.7. The number of hydrogen-bond donors (Lipinski definition) is 0. The molecule has 434 valence electrons. The Morgan fingerprint density at radius 3 is 0.939 bits per heavy atom. The van der Waals surface area contributed by atoms with Crippen LogP contribution in [0, 0.1) is 0 Å². The first kappa shape index (κ1) is 62.2. The van der Waals surface area contributed by atoms with Crippen LogP contribution in [0.1, 0.15) is 50.1 Å². The molecular weight excluding hydrogens is 1230 g/mol. The zero-order valence-electron chi connectivity index (χ0n) is 40.2. The quantitative estimate of drug-likeness (QED) is 0.0840. The van der Waals surface area contributed by atoms with Crippen LogP contribution < -0.4 is 31.2 Å². The van der Waals surface area contributed by atoms with E-state index in [-0.39, 0.29) is 0 Å². The number of rotatable bonds is 8. The Kier molecular flexibility index (Phi) is 16.7. The van der Waals surface area contributed by atoms with Gasteiger partial charge in [0.05, 0.1) is 49.9 Å². The lowest BCUT2D eigenvalue weighted by molar-refractivity contribution is -0.691. The highest BCUT2D eigenvalue weighted by Crippen LogP contribution is 2.42. The van der Waals surface area contributed by atoms with Gasteiger partial charge in [-0.15, -0.1) is 0 Å². The molecular formula is C54H29BBrF24NO. The molecule has 0 spiro atoms. The third kappa shape index (κ3) is 14.1. The summed E-state index contributed by atoms with van der Waals surface area (Å²) in [5, 5.41) is 2.27. The van der Waals surface area contributed by atoms with Crippen molar-refractivity contribution >= 4 is 54.7 Å². The van der Waals surface area contributed by atoms with Crippen LogP contribution in [-0.2, 0) is 56.0 Å². The molecule has 0 atom stereocenters. The van der Waals surface area contributed by atoms with Gasteiger partial charge in [-0.1, -0.05) is 113 Å². The Hall–Kier alpha value is -7.39. The van der Waals surface area contributed by atoms with Crippen molar-refractivity contribution in [2.75, 3.05) is 0 Å². The Bertz CT molecular complexity index is 3160. The van der Waals surface area contributed by atoms with Crippen molar-refractivity contribution in [1.82, 2.24) is 0 Å². The molecule has 8 aromatic rings. The molecule has 0 N–H and O–H groups in total. The SMILES string of the molecule is Brc1ccc(Oc2c3ccccc3cc[n+]2Cc2ccccc2)cc1.FC(F)(F)c1cc([B-](c2cc(C(F)(F)F)cc(C(F)(F)F)c2)(c2cc(C(F)(F)F)cc(C(F)(F)F)c2)c2cc(C(F)(F)F)cc(C(F)(F)F)c2)cc(C(F)(F)F)c1. The first-order valence-electron chi connectivity index (χ1n) is 22.8. The van der Waals surface area contributed by atoms with Gasteiger partial charge in [-0.2, -0.15) is 132 Å². The molecule has 1 aromatic heterocycles. The minimum Gasteiger partial charge on any atom is -0.405 e. The molecule has 0 unspecified atom stereocenters. The van der Waals surface area contributed by atoms with Crippen LogP contribution in [0.4, 0.5) is 105 Å². The van der Waals surface area contributed by atoms with E-state index in [1.165, 1.54) is 10.9 Å². The Labute approximate surface area is 454 Å². The van der Waals surface area contributed by atoms with E-state index in [1.807, 2.05) is 42.5 Å². The largest absolute Gasteiger partial charge is 0.416 e. The molecule has 1 heterocycles. The van der Waals surface area contributed by atoms with Crippen LogP contribution in [0.5, 0.6) is 11.6 Å². The van der Waals surface area contributed by atoms with Crippen LogP contribution >= 0.6 is 15.9 Å². The van der Waals surface area contributed by atoms with Crippen molar-refractivity contribution in [2.45, 2.75) is 56.0 Å². The standard InChI is InChI=1S/C32H12BF24.C22H17BrNO/c34-25(35,36)13-1-14(26(37,38)39)6-21(5-13)33(22-7-15(27(40,41)42)2-16(8-22)28(43,44)45,23-9-17(29(46,47)48)3-18(10-23)30(49,50)51)24-11-19(31(52,53)54)4-20(12-24)32(55,56)57;23-19-10-12-20(13-11-19)25-22-21-9-5-4-8-18(21)14-15-24(22)16-17-6-2-1-3-7-17/h1-12H;1-15H,16H2/q-1;+1. The number of nitrogens with zero attached hydrogens (tertiary/aromatic N) is 1. The van der Waals surface area contributed by atoms with Crippen LogP contribution in [0.2, 0.25) is 0 Å². The molecule has 0 fully saturated rings. The number of ether oxygens (including phenoxy) is 1. The van der Waals surface area contributed by atoms with Gasteiger partial charge in [-0.3, -0.25) is 0 Å². The summed E-state index contributed by atoms with van der Waals surface area (Å²) in [7, 11) is 0. The summed E-state index contributed by atoms with van der Waals surface area (Å²) in [5.41, 5.74) is -29.0. The molecule has 8 rings (SSSR count). The van der Waals surface area contributed by atoms with Gasteiger partial charge in [-0.25, -0.2) is 0 Å². The highest BCUT2D eigenvalue weighted by atomic mass is 79.9.